The summed E-state index contributed by atoms with van der Waals surface area (Å²) in [6.07, 6.45) is 11.5. The van der Waals surface area contributed by atoms with E-state index in [0.29, 0.717) is 17.8 Å². The Morgan fingerprint density at radius 2 is 1.78 bits per heavy atom. The van der Waals surface area contributed by atoms with Crippen LogP contribution in [0.15, 0.2) is 16.8 Å². The Kier molecular flexibility index (Phi) is 4.36. The highest BCUT2D eigenvalue weighted by atomic mass is 32.2. The van der Waals surface area contributed by atoms with E-state index in [1.165, 1.54) is 18.4 Å². The molecule has 27 heavy (non-hydrogen) atoms. The number of rotatable bonds is 2. The zero-order chi connectivity index (χ0) is 19.7. The Bertz CT molecular complexity index is 799. The lowest BCUT2D eigenvalue weighted by atomic mass is 9.46. The fourth-order valence-corrected chi connectivity index (χ4v) is 7.23. The fourth-order valence-electron chi connectivity index (χ4n) is 7.00. The second kappa shape index (κ2) is 6.06. The SMILES string of the molecule is C[C@]12CC/C(=N\OS(C)(=O)=O)C=C1CC[C@@H]1[C@@H]2CC[C@@]2(C)[C@H]1CC[C@]2(C)O. The Balaban J connectivity index is 1.60. The van der Waals surface area contributed by atoms with Crippen molar-refractivity contribution in [3.8, 4) is 0 Å². The van der Waals surface area contributed by atoms with Gasteiger partial charge in [-0.1, -0.05) is 24.6 Å². The van der Waals surface area contributed by atoms with Crippen LogP contribution >= 0.6 is 0 Å². The van der Waals surface area contributed by atoms with Crippen molar-refractivity contribution in [3.63, 3.8) is 0 Å². The van der Waals surface area contributed by atoms with Crippen molar-refractivity contribution >= 4 is 15.8 Å². The van der Waals surface area contributed by atoms with E-state index in [-0.39, 0.29) is 10.8 Å². The number of hydrogen-bond acceptors (Lipinski definition) is 5. The Morgan fingerprint density at radius 3 is 2.48 bits per heavy atom. The summed E-state index contributed by atoms with van der Waals surface area (Å²) >= 11 is 0. The Morgan fingerprint density at radius 1 is 1.07 bits per heavy atom. The molecule has 6 atom stereocenters. The number of fused-ring (bicyclic) bond motifs is 5. The van der Waals surface area contributed by atoms with E-state index in [0.717, 1.165) is 50.5 Å². The fraction of sp³-hybridized carbons (Fsp3) is 0.857. The molecule has 0 saturated heterocycles. The van der Waals surface area contributed by atoms with Crippen LogP contribution in [-0.4, -0.2) is 31.1 Å². The average molecular weight is 396 g/mol. The van der Waals surface area contributed by atoms with E-state index in [9.17, 15) is 13.5 Å². The Labute approximate surface area is 163 Å². The van der Waals surface area contributed by atoms with Gasteiger partial charge in [0.1, 0.15) is 0 Å². The van der Waals surface area contributed by atoms with Crippen LogP contribution in [0.3, 0.4) is 0 Å². The van der Waals surface area contributed by atoms with E-state index in [2.05, 4.69) is 29.4 Å². The molecule has 3 fully saturated rings. The topological polar surface area (TPSA) is 76.0 Å². The van der Waals surface area contributed by atoms with Crippen molar-refractivity contribution in [1.82, 2.24) is 0 Å². The van der Waals surface area contributed by atoms with Gasteiger partial charge < -0.3 is 5.11 Å². The maximum atomic E-state index is 11.2. The third kappa shape index (κ3) is 2.98. The summed E-state index contributed by atoms with van der Waals surface area (Å²) in [5.41, 5.74) is 1.85. The predicted octanol–water partition coefficient (Wildman–Crippen LogP) is 4.03. The lowest BCUT2D eigenvalue weighted by molar-refractivity contribution is -0.117. The molecule has 0 aromatic rings. The molecule has 0 aromatic carbocycles. The summed E-state index contributed by atoms with van der Waals surface area (Å²) in [6.45, 7) is 6.77. The van der Waals surface area contributed by atoms with Crippen LogP contribution in [0.5, 0.6) is 0 Å². The second-order valence-electron chi connectivity index (χ2n) is 10.1. The normalized spacial score (nSPS) is 48.4. The molecule has 5 nitrogen and oxygen atoms in total. The van der Waals surface area contributed by atoms with E-state index >= 15 is 0 Å². The molecule has 0 heterocycles. The summed E-state index contributed by atoms with van der Waals surface area (Å²) in [4.78, 5) is 0. The summed E-state index contributed by atoms with van der Waals surface area (Å²) in [5, 5.41) is 14.9. The van der Waals surface area contributed by atoms with E-state index in [4.69, 9.17) is 0 Å². The van der Waals surface area contributed by atoms with Crippen LogP contribution in [-0.2, 0) is 14.4 Å². The van der Waals surface area contributed by atoms with Crippen molar-refractivity contribution in [2.75, 3.05) is 6.26 Å². The number of oxime groups is 1. The van der Waals surface area contributed by atoms with Gasteiger partial charge in [-0.3, -0.25) is 4.28 Å². The molecule has 1 N–H and O–H groups in total. The first-order valence-electron chi connectivity index (χ1n) is 10.4. The van der Waals surface area contributed by atoms with Gasteiger partial charge in [0.25, 0.3) is 0 Å². The molecule has 0 amide bonds. The highest BCUT2D eigenvalue weighted by Gasteiger charge is 2.62. The van der Waals surface area contributed by atoms with Crippen molar-refractivity contribution in [2.24, 2.45) is 33.7 Å². The van der Waals surface area contributed by atoms with Crippen LogP contribution < -0.4 is 0 Å². The first-order chi connectivity index (χ1) is 12.5. The van der Waals surface area contributed by atoms with Crippen molar-refractivity contribution in [2.45, 2.75) is 77.7 Å². The average Bonchev–Trinajstić information content (AvgIpc) is 2.82. The quantitative estimate of drug-likeness (QED) is 0.716. The van der Waals surface area contributed by atoms with Crippen LogP contribution in [0.25, 0.3) is 0 Å². The molecule has 4 aliphatic carbocycles. The maximum absolute atomic E-state index is 11.2. The first-order valence-corrected chi connectivity index (χ1v) is 12.2. The largest absolute Gasteiger partial charge is 0.390 e. The van der Waals surface area contributed by atoms with E-state index < -0.39 is 15.7 Å². The lowest BCUT2D eigenvalue weighted by Crippen LogP contribution is -2.53. The van der Waals surface area contributed by atoms with E-state index in [1.54, 1.807) is 0 Å². The summed E-state index contributed by atoms with van der Waals surface area (Å²) < 4.78 is 27.1. The van der Waals surface area contributed by atoms with Gasteiger partial charge in [-0.05, 0) is 93.0 Å². The zero-order valence-electron chi connectivity index (χ0n) is 17.0. The highest BCUT2D eigenvalue weighted by Crippen LogP contribution is 2.67. The molecule has 0 unspecified atom stereocenters. The van der Waals surface area contributed by atoms with Crippen LogP contribution in [0.1, 0.15) is 72.1 Å². The molecule has 6 heteroatoms. The van der Waals surface area contributed by atoms with Crippen molar-refractivity contribution in [3.05, 3.63) is 11.6 Å². The predicted molar refractivity (Wildman–Crippen MR) is 106 cm³/mol. The van der Waals surface area contributed by atoms with Gasteiger partial charge in [0.05, 0.1) is 17.6 Å². The summed E-state index contributed by atoms with van der Waals surface area (Å²) in [5.74, 6) is 1.96. The first kappa shape index (κ1) is 19.4. The smallest absolute Gasteiger partial charge is 0.325 e. The monoisotopic (exact) mass is 395 g/mol. The molecule has 4 rings (SSSR count). The molecule has 0 aromatic heterocycles. The minimum Gasteiger partial charge on any atom is -0.390 e. The third-order valence-electron chi connectivity index (χ3n) is 8.83. The molecule has 0 bridgehead atoms. The minimum atomic E-state index is -3.56. The molecule has 0 radical (unpaired) electrons. The van der Waals surface area contributed by atoms with Crippen LogP contribution in [0.2, 0.25) is 0 Å². The lowest BCUT2D eigenvalue weighted by Gasteiger charge is -2.59. The molecule has 0 aliphatic heterocycles. The number of nitrogens with zero attached hydrogens (tertiary/aromatic N) is 1. The molecule has 152 valence electrons. The van der Waals surface area contributed by atoms with E-state index in [1.807, 2.05) is 6.92 Å². The molecule has 0 spiro atoms. The summed E-state index contributed by atoms with van der Waals surface area (Å²) in [7, 11) is -3.56. The van der Waals surface area contributed by atoms with Gasteiger partial charge in [0.15, 0.2) is 0 Å². The zero-order valence-corrected chi connectivity index (χ0v) is 17.8. The number of allylic oxidation sites excluding steroid dienone is 2. The van der Waals surface area contributed by atoms with Gasteiger partial charge >= 0.3 is 10.1 Å². The van der Waals surface area contributed by atoms with Crippen LogP contribution in [0.4, 0.5) is 0 Å². The van der Waals surface area contributed by atoms with Gasteiger partial charge in [-0.2, -0.15) is 8.42 Å². The molecular weight excluding hydrogens is 362 g/mol. The van der Waals surface area contributed by atoms with Gasteiger partial charge in [-0.25, -0.2) is 0 Å². The van der Waals surface area contributed by atoms with Crippen LogP contribution in [0, 0.1) is 28.6 Å². The van der Waals surface area contributed by atoms with Crippen molar-refractivity contribution in [1.29, 1.82) is 0 Å². The molecule has 3 saturated carbocycles. The Hall–Kier alpha value is -0.880. The molecular formula is C21H33NO4S. The van der Waals surface area contributed by atoms with Gasteiger partial charge in [-0.15, -0.1) is 0 Å². The molecule has 4 aliphatic rings. The summed E-state index contributed by atoms with van der Waals surface area (Å²) in [6, 6.07) is 0. The highest BCUT2D eigenvalue weighted by molar-refractivity contribution is 7.85. The standard InChI is InChI=1S/C21H33NO4S/c1-19-10-7-15(22-26-27(4,24)25)13-14(19)5-6-16-17(19)8-11-20(2)18(16)9-12-21(20,3)23/h13,16-18,23H,5-12H2,1-4H3/b22-15+/t16-,17+,18+,19+,20+,21+/m1/s1. The minimum absolute atomic E-state index is 0.0519. The van der Waals surface area contributed by atoms with Crippen molar-refractivity contribution < 1.29 is 17.8 Å². The number of hydrogen-bond donors (Lipinski definition) is 1. The van der Waals surface area contributed by atoms with Gasteiger partial charge in [0.2, 0.25) is 0 Å². The third-order valence-corrected chi connectivity index (χ3v) is 9.17. The van der Waals surface area contributed by atoms with Gasteiger partial charge in [0, 0.05) is 0 Å². The number of aliphatic hydroxyl groups is 1. The maximum Gasteiger partial charge on any atom is 0.325 e. The second-order valence-corrected chi connectivity index (χ2v) is 11.7.